The molecule has 2 aromatic rings. The van der Waals surface area contributed by atoms with Crippen molar-refractivity contribution in [2.45, 2.75) is 39.4 Å². The minimum absolute atomic E-state index is 0.0594. The van der Waals surface area contributed by atoms with Crippen LogP contribution in [0.2, 0.25) is 0 Å². The van der Waals surface area contributed by atoms with Crippen LogP contribution in [-0.4, -0.2) is 29.9 Å². The highest BCUT2D eigenvalue weighted by Crippen LogP contribution is 2.27. The maximum Gasteiger partial charge on any atom is 0.255 e. The zero-order valence-corrected chi connectivity index (χ0v) is 16.1. The molecule has 0 radical (unpaired) electrons. The van der Waals surface area contributed by atoms with Crippen LogP contribution in [0.4, 0.5) is 0 Å². The third-order valence-corrected chi connectivity index (χ3v) is 4.85. The molecule has 2 aromatic carbocycles. The molecule has 0 unspecified atom stereocenters. The van der Waals surface area contributed by atoms with Crippen molar-refractivity contribution in [3.63, 3.8) is 0 Å². The van der Waals surface area contributed by atoms with Crippen LogP contribution >= 0.6 is 0 Å². The molecule has 0 aromatic heterocycles. The van der Waals surface area contributed by atoms with E-state index in [1.54, 1.807) is 12.0 Å². The highest BCUT2D eigenvalue weighted by Gasteiger charge is 2.36. The Labute approximate surface area is 160 Å². The van der Waals surface area contributed by atoms with Crippen LogP contribution in [0.25, 0.3) is 0 Å². The maximum absolute atomic E-state index is 12.9. The molecule has 0 saturated carbocycles. The number of nitrogens with one attached hydrogen (secondary N) is 1. The second-order valence-corrected chi connectivity index (χ2v) is 7.30. The van der Waals surface area contributed by atoms with Gasteiger partial charge in [0.25, 0.3) is 5.91 Å². The maximum atomic E-state index is 12.9. The zero-order chi connectivity index (χ0) is 19.4. The number of hydrogen-bond donors (Lipinski definition) is 1. The Bertz CT molecular complexity index is 815. The highest BCUT2D eigenvalue weighted by molar-refractivity contribution is 6.01. The molecule has 1 atom stereocenters. The van der Waals surface area contributed by atoms with Gasteiger partial charge in [-0.25, -0.2) is 0 Å². The first-order chi connectivity index (χ1) is 13.0. The second-order valence-electron chi connectivity index (χ2n) is 7.30. The molecule has 0 saturated heterocycles. The summed E-state index contributed by atoms with van der Waals surface area (Å²) >= 11 is 0. The number of hydrogen-bond acceptors (Lipinski definition) is 3. The van der Waals surface area contributed by atoms with Gasteiger partial charge in [0.15, 0.2) is 0 Å². The average molecular weight is 366 g/mol. The normalized spacial score (nSPS) is 14.2. The topological polar surface area (TPSA) is 58.6 Å². The summed E-state index contributed by atoms with van der Waals surface area (Å²) in [6, 6.07) is 14.7. The molecule has 1 aliphatic rings. The van der Waals surface area contributed by atoms with Crippen LogP contribution in [0.1, 0.15) is 41.8 Å². The van der Waals surface area contributed by atoms with Crippen molar-refractivity contribution in [3.8, 4) is 5.75 Å². The van der Waals surface area contributed by atoms with E-state index in [0.717, 1.165) is 16.9 Å². The predicted octanol–water partition coefficient (Wildman–Crippen LogP) is 3.38. The third-order valence-electron chi connectivity index (χ3n) is 4.85. The summed E-state index contributed by atoms with van der Waals surface area (Å²) < 4.78 is 5.16. The molecule has 27 heavy (non-hydrogen) atoms. The Balaban J connectivity index is 1.70. The Kier molecular flexibility index (Phi) is 5.79. The molecule has 1 N–H and O–H groups in total. The molecule has 0 spiro atoms. The van der Waals surface area contributed by atoms with E-state index in [9.17, 15) is 9.59 Å². The highest BCUT2D eigenvalue weighted by atomic mass is 16.5. The molecule has 1 aliphatic heterocycles. The summed E-state index contributed by atoms with van der Waals surface area (Å²) in [4.78, 5) is 27.4. The minimum Gasteiger partial charge on any atom is -0.497 e. The summed E-state index contributed by atoms with van der Waals surface area (Å²) in [5.41, 5.74) is 2.68. The number of amides is 2. The van der Waals surface area contributed by atoms with Gasteiger partial charge in [0.2, 0.25) is 5.91 Å². The Morgan fingerprint density at radius 2 is 1.85 bits per heavy atom. The number of methoxy groups -OCH3 is 1. The lowest BCUT2D eigenvalue weighted by atomic mass is 10.0. The average Bonchev–Trinajstić information content (AvgIpc) is 3.01. The Morgan fingerprint density at radius 1 is 1.15 bits per heavy atom. The standard InChI is InChI=1S/C22H26N2O3/c1-15(2)12-20(24-14-17-6-4-5-7-19(17)22(24)26)21(25)23-13-16-8-10-18(27-3)11-9-16/h4-11,15,20H,12-14H2,1-3H3,(H,23,25)/t20-/m1/s1. The fourth-order valence-electron chi connectivity index (χ4n) is 3.40. The van der Waals surface area contributed by atoms with Crippen molar-refractivity contribution in [3.05, 3.63) is 65.2 Å². The van der Waals surface area contributed by atoms with Gasteiger partial charge in [-0.05, 0) is 41.7 Å². The van der Waals surface area contributed by atoms with E-state index < -0.39 is 6.04 Å². The minimum atomic E-state index is -0.469. The first-order valence-electron chi connectivity index (χ1n) is 9.29. The lowest BCUT2D eigenvalue weighted by molar-refractivity contribution is -0.126. The summed E-state index contributed by atoms with van der Waals surface area (Å²) in [5.74, 6) is 0.915. The quantitative estimate of drug-likeness (QED) is 0.817. The predicted molar refractivity (Wildman–Crippen MR) is 104 cm³/mol. The largest absolute Gasteiger partial charge is 0.497 e. The fraction of sp³-hybridized carbons (Fsp3) is 0.364. The van der Waals surface area contributed by atoms with Gasteiger partial charge >= 0.3 is 0 Å². The molecular formula is C22H26N2O3. The third kappa shape index (κ3) is 4.30. The van der Waals surface area contributed by atoms with Gasteiger partial charge < -0.3 is 15.0 Å². The fourth-order valence-corrected chi connectivity index (χ4v) is 3.40. The zero-order valence-electron chi connectivity index (χ0n) is 16.1. The van der Waals surface area contributed by atoms with Crippen molar-refractivity contribution >= 4 is 11.8 Å². The van der Waals surface area contributed by atoms with Gasteiger partial charge in [0, 0.05) is 18.7 Å². The molecule has 5 nitrogen and oxygen atoms in total. The smallest absolute Gasteiger partial charge is 0.255 e. The Hall–Kier alpha value is -2.82. The molecule has 5 heteroatoms. The summed E-state index contributed by atoms with van der Waals surface area (Å²) in [6.07, 6.45) is 0.633. The molecule has 3 rings (SSSR count). The number of carbonyl (C=O) groups excluding carboxylic acids is 2. The van der Waals surface area contributed by atoms with E-state index in [4.69, 9.17) is 4.74 Å². The van der Waals surface area contributed by atoms with Gasteiger partial charge in [0.1, 0.15) is 11.8 Å². The molecule has 2 amide bonds. The SMILES string of the molecule is COc1ccc(CNC(=O)[C@@H](CC(C)C)N2Cc3ccccc3C2=O)cc1. The van der Waals surface area contributed by atoms with Crippen LogP contribution in [0.5, 0.6) is 5.75 Å². The van der Waals surface area contributed by atoms with Gasteiger partial charge in [-0.2, -0.15) is 0 Å². The molecule has 0 aliphatic carbocycles. The first kappa shape index (κ1) is 19.0. The summed E-state index contributed by atoms with van der Waals surface area (Å²) in [6.45, 7) is 5.05. The molecule has 0 fully saturated rings. The number of nitrogens with zero attached hydrogens (tertiary/aromatic N) is 1. The summed E-state index contributed by atoms with van der Waals surface area (Å²) in [5, 5.41) is 2.99. The summed E-state index contributed by atoms with van der Waals surface area (Å²) in [7, 11) is 1.62. The van der Waals surface area contributed by atoms with E-state index in [1.165, 1.54) is 0 Å². The number of benzene rings is 2. The van der Waals surface area contributed by atoms with Crippen LogP contribution in [0.3, 0.4) is 0 Å². The van der Waals surface area contributed by atoms with Gasteiger partial charge in [0.05, 0.1) is 7.11 Å². The lowest BCUT2D eigenvalue weighted by Crippen LogP contribution is -2.47. The van der Waals surface area contributed by atoms with Crippen LogP contribution in [0, 0.1) is 5.92 Å². The first-order valence-corrected chi connectivity index (χ1v) is 9.29. The van der Waals surface area contributed by atoms with Crippen LogP contribution in [-0.2, 0) is 17.9 Å². The van der Waals surface area contributed by atoms with E-state index in [2.05, 4.69) is 19.2 Å². The van der Waals surface area contributed by atoms with E-state index in [0.29, 0.717) is 31.0 Å². The second kappa shape index (κ2) is 8.25. The monoisotopic (exact) mass is 366 g/mol. The van der Waals surface area contributed by atoms with Crippen molar-refractivity contribution in [1.29, 1.82) is 0 Å². The van der Waals surface area contributed by atoms with Gasteiger partial charge in [-0.3, -0.25) is 9.59 Å². The molecule has 1 heterocycles. The Morgan fingerprint density at radius 3 is 2.48 bits per heavy atom. The van der Waals surface area contributed by atoms with Gasteiger partial charge in [-0.15, -0.1) is 0 Å². The number of fused-ring (bicyclic) bond motifs is 1. The van der Waals surface area contributed by atoms with Crippen molar-refractivity contribution < 1.29 is 14.3 Å². The van der Waals surface area contributed by atoms with Crippen molar-refractivity contribution in [2.24, 2.45) is 5.92 Å². The van der Waals surface area contributed by atoms with Crippen molar-refractivity contribution in [1.82, 2.24) is 10.2 Å². The van der Waals surface area contributed by atoms with E-state index in [-0.39, 0.29) is 11.8 Å². The molecule has 0 bridgehead atoms. The number of rotatable bonds is 7. The number of ether oxygens (including phenoxy) is 1. The number of carbonyl (C=O) groups is 2. The van der Waals surface area contributed by atoms with E-state index in [1.807, 2.05) is 48.5 Å². The van der Waals surface area contributed by atoms with E-state index >= 15 is 0 Å². The van der Waals surface area contributed by atoms with Crippen molar-refractivity contribution in [2.75, 3.05) is 7.11 Å². The molecular weight excluding hydrogens is 340 g/mol. The van der Waals surface area contributed by atoms with Gasteiger partial charge in [-0.1, -0.05) is 44.2 Å². The lowest BCUT2D eigenvalue weighted by Gasteiger charge is -2.28. The van der Waals surface area contributed by atoms with Crippen LogP contribution < -0.4 is 10.1 Å². The molecule has 142 valence electrons. The van der Waals surface area contributed by atoms with Crippen LogP contribution in [0.15, 0.2) is 48.5 Å².